The highest BCUT2D eigenvalue weighted by Gasteiger charge is 2.24. The van der Waals surface area contributed by atoms with Crippen LogP contribution in [0.2, 0.25) is 10.0 Å². The van der Waals surface area contributed by atoms with Crippen LogP contribution in [0.3, 0.4) is 0 Å². The van der Waals surface area contributed by atoms with Crippen LogP contribution in [0, 0.1) is 0 Å². The number of ketones is 1. The molecular weight excluding hydrogens is 723 g/mol. The number of esters is 2. The molecule has 0 aromatic heterocycles. The zero-order chi connectivity index (χ0) is 39.5. The largest absolute Gasteiger partial charge is 0.480 e. The molecule has 0 fully saturated rings. The first-order valence-electron chi connectivity index (χ1n) is 16.7. The topological polar surface area (TPSA) is 182 Å². The normalized spacial score (nSPS) is 12.0. The first-order valence-corrected chi connectivity index (χ1v) is 17.4. The maximum absolute atomic E-state index is 11.7. The molecule has 5 N–H and O–H groups in total. The first kappa shape index (κ1) is 44.1. The molecule has 0 saturated heterocycles. The molecule has 0 bridgehead atoms. The quantitative estimate of drug-likeness (QED) is 0.0797. The van der Waals surface area contributed by atoms with Crippen molar-refractivity contribution in [3.8, 4) is 22.3 Å². The van der Waals surface area contributed by atoms with E-state index in [1.54, 1.807) is 45.9 Å². The molecule has 0 aliphatic carbocycles. The lowest BCUT2D eigenvalue weighted by atomic mass is 10.0. The van der Waals surface area contributed by atoms with Crippen LogP contribution in [0.4, 0.5) is 0 Å². The number of nitrogens with two attached hydrogens (primary N) is 1. The summed E-state index contributed by atoms with van der Waals surface area (Å²) in [4.78, 5) is 55.2. The fourth-order valence-corrected chi connectivity index (χ4v) is 4.99. The predicted octanol–water partition coefficient (Wildman–Crippen LogP) is 6.64. The van der Waals surface area contributed by atoms with Gasteiger partial charge in [0.25, 0.3) is 0 Å². The van der Waals surface area contributed by atoms with Crippen LogP contribution in [0.1, 0.15) is 38.8 Å². The van der Waals surface area contributed by atoms with Crippen LogP contribution in [-0.2, 0) is 46.3 Å². The number of carboxylic acids is 2. The summed E-state index contributed by atoms with van der Waals surface area (Å²) in [5.41, 5.74) is 10.6. The van der Waals surface area contributed by atoms with E-state index in [4.69, 9.17) is 38.8 Å². The van der Waals surface area contributed by atoms with Gasteiger partial charge in [0.05, 0.1) is 13.2 Å². The molecule has 0 saturated carbocycles. The highest BCUT2D eigenvalue weighted by molar-refractivity contribution is 6.33. The standard InChI is InChI=1S/C20H22ClNO4.C15H11ClO3.C5H11NO2/c1-3-26-20(25)13(2)22-18(19(23)24)11-14-7-9-15(10-8-14)16-5-4-6-17(21)12-16;16-13-3-1-2-12(9-13)11-6-4-10(5-7-11)8-14(17)15(18)19;1-3-8-5(7)4(2)6/h4-10,12-13,18,22H,3,11H2,1-2H3,(H,23,24);1-7,9H,8H2,(H,18,19);4H,3,6H2,1-2H3. The third kappa shape index (κ3) is 16.0. The smallest absolute Gasteiger partial charge is 0.372 e. The van der Waals surface area contributed by atoms with Gasteiger partial charge < -0.3 is 25.4 Å². The van der Waals surface area contributed by atoms with Gasteiger partial charge in [0.1, 0.15) is 18.1 Å². The lowest BCUT2D eigenvalue weighted by Gasteiger charge is -2.19. The van der Waals surface area contributed by atoms with Crippen LogP contribution in [0.15, 0.2) is 97.1 Å². The monoisotopic (exact) mass is 766 g/mol. The number of hydrogen-bond acceptors (Lipinski definition) is 9. The molecule has 53 heavy (non-hydrogen) atoms. The molecule has 0 heterocycles. The number of aliphatic carboxylic acids is 2. The third-order valence-electron chi connectivity index (χ3n) is 7.31. The molecule has 11 nitrogen and oxygen atoms in total. The SMILES string of the molecule is CCOC(=O)C(C)N.CCOC(=O)C(C)NC(Cc1ccc(-c2cccc(Cl)c2)cc1)C(=O)O.O=C(O)C(=O)Cc1ccc(-c2cccc(Cl)c2)cc1. The van der Waals surface area contributed by atoms with Gasteiger partial charge in [-0.25, -0.2) is 4.79 Å². The molecule has 4 rings (SSSR count). The van der Waals surface area contributed by atoms with Crippen LogP contribution in [-0.4, -0.2) is 71.2 Å². The Balaban J connectivity index is 0.000000314. The van der Waals surface area contributed by atoms with Gasteiger partial charge >= 0.3 is 23.9 Å². The summed E-state index contributed by atoms with van der Waals surface area (Å²) in [5.74, 6) is -4.03. The average Bonchev–Trinajstić information content (AvgIpc) is 3.12. The van der Waals surface area contributed by atoms with E-state index < -0.39 is 41.8 Å². The van der Waals surface area contributed by atoms with Crippen LogP contribution < -0.4 is 11.1 Å². The number of rotatable bonds is 14. The summed E-state index contributed by atoms with van der Waals surface area (Å²) in [7, 11) is 0. The number of carbonyl (C=O) groups is 5. The van der Waals surface area contributed by atoms with Crippen LogP contribution in [0.5, 0.6) is 0 Å². The van der Waals surface area contributed by atoms with E-state index in [0.717, 1.165) is 27.8 Å². The van der Waals surface area contributed by atoms with Gasteiger partial charge in [-0.2, -0.15) is 0 Å². The minimum atomic E-state index is -1.40. The number of benzene rings is 4. The minimum absolute atomic E-state index is 0.0921. The number of halogens is 2. The third-order valence-corrected chi connectivity index (χ3v) is 7.78. The molecule has 13 heteroatoms. The van der Waals surface area contributed by atoms with Crippen LogP contribution in [0.25, 0.3) is 22.3 Å². The summed E-state index contributed by atoms with van der Waals surface area (Å²) >= 11 is 11.9. The zero-order valence-corrected chi connectivity index (χ0v) is 31.4. The van der Waals surface area contributed by atoms with Crippen molar-refractivity contribution < 1.29 is 43.7 Å². The van der Waals surface area contributed by atoms with E-state index in [1.807, 2.05) is 78.9 Å². The Morgan fingerprint density at radius 3 is 1.51 bits per heavy atom. The van der Waals surface area contributed by atoms with Crippen molar-refractivity contribution in [2.24, 2.45) is 5.73 Å². The van der Waals surface area contributed by atoms with Crippen molar-refractivity contribution in [3.63, 3.8) is 0 Å². The highest BCUT2D eigenvalue weighted by atomic mass is 35.5. The van der Waals surface area contributed by atoms with E-state index in [2.05, 4.69) is 10.1 Å². The van der Waals surface area contributed by atoms with Crippen molar-refractivity contribution >= 4 is 52.9 Å². The average molecular weight is 768 g/mol. The number of nitrogens with one attached hydrogen (secondary N) is 1. The molecule has 0 aliphatic heterocycles. The second kappa shape index (κ2) is 22.8. The van der Waals surface area contributed by atoms with Crippen molar-refractivity contribution in [1.29, 1.82) is 0 Å². The van der Waals surface area contributed by atoms with Gasteiger partial charge in [-0.1, -0.05) is 96.0 Å². The van der Waals surface area contributed by atoms with Gasteiger partial charge in [-0.15, -0.1) is 0 Å². The second-order valence-corrected chi connectivity index (χ2v) is 12.5. The van der Waals surface area contributed by atoms with Gasteiger partial charge in [-0.05, 0) is 91.8 Å². The molecule has 4 aromatic carbocycles. The van der Waals surface area contributed by atoms with E-state index >= 15 is 0 Å². The van der Waals surface area contributed by atoms with Crippen molar-refractivity contribution in [2.45, 2.75) is 58.7 Å². The molecule has 3 unspecified atom stereocenters. The maximum atomic E-state index is 11.7. The molecule has 0 amide bonds. The Morgan fingerprint density at radius 2 is 1.13 bits per heavy atom. The Kier molecular flexibility index (Phi) is 18.9. The van der Waals surface area contributed by atoms with E-state index in [-0.39, 0.29) is 25.4 Å². The number of carbonyl (C=O) groups excluding carboxylic acids is 3. The number of carboxylic acid groups (broad SMARTS) is 2. The van der Waals surface area contributed by atoms with E-state index in [9.17, 15) is 29.1 Å². The summed E-state index contributed by atoms with van der Waals surface area (Å²) in [5, 5.41) is 22.1. The Bertz CT molecular complexity index is 1810. The summed E-state index contributed by atoms with van der Waals surface area (Å²) in [6, 6.07) is 27.7. The Labute approximate surface area is 319 Å². The predicted molar refractivity (Wildman–Crippen MR) is 205 cm³/mol. The highest BCUT2D eigenvalue weighted by Crippen LogP contribution is 2.24. The molecule has 0 radical (unpaired) electrons. The lowest BCUT2D eigenvalue weighted by Crippen LogP contribution is -2.47. The van der Waals surface area contributed by atoms with E-state index in [1.165, 1.54) is 0 Å². The number of ether oxygens (including phenoxy) is 2. The van der Waals surface area contributed by atoms with Crippen molar-refractivity contribution in [3.05, 3.63) is 118 Å². The Hall–Kier alpha value is -5.07. The zero-order valence-electron chi connectivity index (χ0n) is 29.9. The second-order valence-electron chi connectivity index (χ2n) is 11.6. The number of hydrogen-bond donors (Lipinski definition) is 4. The van der Waals surface area contributed by atoms with Crippen molar-refractivity contribution in [1.82, 2.24) is 5.32 Å². The van der Waals surface area contributed by atoms with Gasteiger partial charge in [0, 0.05) is 16.5 Å². The lowest BCUT2D eigenvalue weighted by molar-refractivity contribution is -0.148. The molecule has 0 aliphatic rings. The maximum Gasteiger partial charge on any atom is 0.372 e. The molecular formula is C40H44Cl2N2O9. The summed E-state index contributed by atoms with van der Waals surface area (Å²) < 4.78 is 9.44. The minimum Gasteiger partial charge on any atom is -0.480 e. The van der Waals surface area contributed by atoms with Gasteiger partial charge in [-0.3, -0.25) is 24.5 Å². The molecule has 282 valence electrons. The van der Waals surface area contributed by atoms with Crippen molar-refractivity contribution in [2.75, 3.05) is 13.2 Å². The fraction of sp³-hybridized carbons (Fsp3) is 0.275. The molecule has 3 atom stereocenters. The number of Topliss-reactive ketones (excluding diaryl/α,β-unsaturated/α-hetero) is 1. The van der Waals surface area contributed by atoms with Gasteiger partial charge in [0.15, 0.2) is 0 Å². The van der Waals surface area contributed by atoms with E-state index in [0.29, 0.717) is 22.2 Å². The summed E-state index contributed by atoms with van der Waals surface area (Å²) in [6.07, 6.45) is 0.167. The summed E-state index contributed by atoms with van der Waals surface area (Å²) in [6.45, 7) is 7.31. The molecule has 0 spiro atoms. The molecule has 4 aromatic rings. The Morgan fingerprint density at radius 1 is 0.679 bits per heavy atom. The van der Waals surface area contributed by atoms with Gasteiger partial charge in [0.2, 0.25) is 5.78 Å². The van der Waals surface area contributed by atoms with Crippen LogP contribution >= 0.6 is 23.2 Å². The fourth-order valence-electron chi connectivity index (χ4n) is 4.61. The first-order chi connectivity index (χ1) is 25.1.